The third-order valence-electron chi connectivity index (χ3n) is 2.89. The summed E-state index contributed by atoms with van der Waals surface area (Å²) >= 11 is 0. The highest BCUT2D eigenvalue weighted by molar-refractivity contribution is 5.80. The second-order valence-electron chi connectivity index (χ2n) is 4.66. The topological polar surface area (TPSA) is 43.1 Å². The fourth-order valence-corrected chi connectivity index (χ4v) is 1.96. The average Bonchev–Trinajstić information content (AvgIpc) is 2.29. The number of Topliss-reactive ketones (excluding diaryl/α,β-unsaturated/α-hetero) is 1. The van der Waals surface area contributed by atoms with E-state index in [-0.39, 0.29) is 0 Å². The van der Waals surface area contributed by atoms with Crippen LogP contribution in [0.4, 0.5) is 0 Å². The second kappa shape index (κ2) is 8.02. The molecule has 0 bridgehead atoms. The van der Waals surface area contributed by atoms with Gasteiger partial charge in [0.05, 0.1) is 0 Å². The van der Waals surface area contributed by atoms with E-state index in [9.17, 15) is 4.79 Å². The lowest BCUT2D eigenvalue weighted by Crippen LogP contribution is -2.03. The summed E-state index contributed by atoms with van der Waals surface area (Å²) in [5.74, 6) is 0.350. The van der Waals surface area contributed by atoms with Crippen molar-refractivity contribution in [3.8, 4) is 0 Å². The molecule has 2 nitrogen and oxygen atoms in total. The Kier molecular flexibility index (Phi) is 6.56. The summed E-state index contributed by atoms with van der Waals surface area (Å²) < 4.78 is 0. The minimum absolute atomic E-state index is 0.350. The molecular weight excluding hydrogens is 210 g/mol. The molecule has 0 amide bonds. The van der Waals surface area contributed by atoms with E-state index >= 15 is 0 Å². The molecule has 0 fully saturated rings. The highest BCUT2D eigenvalue weighted by Gasteiger charge is 2.03. The summed E-state index contributed by atoms with van der Waals surface area (Å²) in [4.78, 5) is 11.7. The number of hydrogen-bond donors (Lipinski definition) is 1. The Bertz CT molecular complexity index is 347. The number of nitrogens with two attached hydrogens (primary N) is 1. The van der Waals surface area contributed by atoms with Crippen molar-refractivity contribution in [1.82, 2.24) is 0 Å². The van der Waals surface area contributed by atoms with Gasteiger partial charge in [-0.05, 0) is 31.9 Å². The van der Waals surface area contributed by atoms with Crippen LogP contribution < -0.4 is 5.73 Å². The first-order chi connectivity index (χ1) is 8.22. The molecule has 1 aromatic rings. The predicted octanol–water partition coefficient (Wildman–Crippen LogP) is 3.02. The van der Waals surface area contributed by atoms with Crippen LogP contribution >= 0.6 is 0 Å². The third-order valence-corrected chi connectivity index (χ3v) is 2.89. The number of hydrogen-bond acceptors (Lipinski definition) is 2. The summed E-state index contributed by atoms with van der Waals surface area (Å²) in [6, 6.07) is 8.19. The van der Waals surface area contributed by atoms with Crippen molar-refractivity contribution < 1.29 is 4.79 Å². The van der Waals surface area contributed by atoms with Crippen LogP contribution in [0.1, 0.15) is 43.2 Å². The minimum Gasteiger partial charge on any atom is -0.330 e. The van der Waals surface area contributed by atoms with Gasteiger partial charge in [0.2, 0.25) is 0 Å². The molecule has 0 atom stereocenters. The van der Waals surface area contributed by atoms with Gasteiger partial charge < -0.3 is 5.73 Å². The maximum absolute atomic E-state index is 11.7. The van der Waals surface area contributed by atoms with Gasteiger partial charge in [0.25, 0.3) is 0 Å². The number of aryl methyl sites for hydroxylation is 1. The van der Waals surface area contributed by atoms with Gasteiger partial charge in [-0.2, -0.15) is 0 Å². The molecule has 0 saturated heterocycles. The number of carbonyl (C=O) groups excluding carboxylic acids is 1. The molecule has 17 heavy (non-hydrogen) atoms. The van der Waals surface area contributed by atoms with Gasteiger partial charge in [0.15, 0.2) is 0 Å². The predicted molar refractivity (Wildman–Crippen MR) is 72.0 cm³/mol. The van der Waals surface area contributed by atoms with Gasteiger partial charge in [0, 0.05) is 12.8 Å². The zero-order valence-corrected chi connectivity index (χ0v) is 10.7. The third kappa shape index (κ3) is 6.22. The summed E-state index contributed by atoms with van der Waals surface area (Å²) in [7, 11) is 0. The van der Waals surface area contributed by atoms with Crippen LogP contribution in [0.3, 0.4) is 0 Å². The molecule has 0 aromatic heterocycles. The van der Waals surface area contributed by atoms with Gasteiger partial charge in [0.1, 0.15) is 5.78 Å². The molecule has 0 radical (unpaired) electrons. The Hall–Kier alpha value is -1.15. The number of rotatable bonds is 8. The van der Waals surface area contributed by atoms with Crippen molar-refractivity contribution in [3.05, 3.63) is 35.4 Å². The van der Waals surface area contributed by atoms with E-state index in [1.807, 2.05) is 12.1 Å². The zero-order chi connectivity index (χ0) is 12.5. The highest BCUT2D eigenvalue weighted by atomic mass is 16.1. The van der Waals surface area contributed by atoms with E-state index in [1.165, 1.54) is 5.56 Å². The largest absolute Gasteiger partial charge is 0.330 e. The quantitative estimate of drug-likeness (QED) is 0.701. The lowest BCUT2D eigenvalue weighted by Gasteiger charge is -2.02. The van der Waals surface area contributed by atoms with E-state index in [2.05, 4.69) is 19.1 Å². The molecular formula is C15H23NO. The molecule has 0 saturated carbocycles. The smallest absolute Gasteiger partial charge is 0.137 e. The fourth-order valence-electron chi connectivity index (χ4n) is 1.96. The number of ketones is 1. The normalized spacial score (nSPS) is 10.5. The van der Waals surface area contributed by atoms with Gasteiger partial charge in [-0.3, -0.25) is 4.79 Å². The van der Waals surface area contributed by atoms with Crippen molar-refractivity contribution in [3.63, 3.8) is 0 Å². The van der Waals surface area contributed by atoms with E-state index in [1.54, 1.807) is 0 Å². The van der Waals surface area contributed by atoms with Gasteiger partial charge in [-0.15, -0.1) is 0 Å². The summed E-state index contributed by atoms with van der Waals surface area (Å²) in [6.45, 7) is 2.82. The minimum atomic E-state index is 0.350. The van der Waals surface area contributed by atoms with E-state index < -0.39 is 0 Å². The maximum atomic E-state index is 11.7. The lowest BCUT2D eigenvalue weighted by atomic mass is 10.0. The Morgan fingerprint density at radius 1 is 1.18 bits per heavy atom. The van der Waals surface area contributed by atoms with Crippen LogP contribution in [-0.4, -0.2) is 12.3 Å². The number of unbranched alkanes of at least 4 members (excludes halogenated alkanes) is 3. The van der Waals surface area contributed by atoms with Crippen molar-refractivity contribution >= 4 is 5.78 Å². The molecule has 0 spiro atoms. The molecule has 0 heterocycles. The van der Waals surface area contributed by atoms with Gasteiger partial charge in [-0.25, -0.2) is 0 Å². The van der Waals surface area contributed by atoms with E-state index in [0.717, 1.165) is 37.8 Å². The van der Waals surface area contributed by atoms with E-state index in [4.69, 9.17) is 5.73 Å². The van der Waals surface area contributed by atoms with Crippen LogP contribution in [-0.2, 0) is 11.2 Å². The first-order valence-corrected chi connectivity index (χ1v) is 6.49. The van der Waals surface area contributed by atoms with Crippen molar-refractivity contribution in [2.45, 2.75) is 45.4 Å². The molecule has 0 unspecified atom stereocenters. The molecule has 0 aliphatic carbocycles. The van der Waals surface area contributed by atoms with Crippen LogP contribution in [0.2, 0.25) is 0 Å². The summed E-state index contributed by atoms with van der Waals surface area (Å²) in [5, 5.41) is 0. The molecule has 2 heteroatoms. The van der Waals surface area contributed by atoms with Crippen molar-refractivity contribution in [2.75, 3.05) is 6.54 Å². The van der Waals surface area contributed by atoms with Gasteiger partial charge in [-0.1, -0.05) is 42.7 Å². The molecule has 94 valence electrons. The highest BCUT2D eigenvalue weighted by Crippen LogP contribution is 2.09. The maximum Gasteiger partial charge on any atom is 0.137 e. The zero-order valence-electron chi connectivity index (χ0n) is 10.7. The first-order valence-electron chi connectivity index (χ1n) is 6.49. The molecule has 0 aliphatic rings. The van der Waals surface area contributed by atoms with Gasteiger partial charge >= 0.3 is 0 Å². The lowest BCUT2D eigenvalue weighted by molar-refractivity contribution is -0.118. The first kappa shape index (κ1) is 13.9. The Morgan fingerprint density at radius 3 is 2.65 bits per heavy atom. The molecule has 1 rings (SSSR count). The number of benzene rings is 1. The average molecular weight is 233 g/mol. The number of carbonyl (C=O) groups is 1. The summed E-state index contributed by atoms with van der Waals surface area (Å²) in [6.07, 6.45) is 5.64. The summed E-state index contributed by atoms with van der Waals surface area (Å²) in [5.41, 5.74) is 7.78. The second-order valence-corrected chi connectivity index (χ2v) is 4.66. The standard InChI is InChI=1S/C15H23NO/c1-13-7-6-8-14(11-13)12-15(17)9-4-2-3-5-10-16/h6-8,11H,2-5,9-10,12,16H2,1H3. The Labute approximate surface area is 104 Å². The van der Waals surface area contributed by atoms with Crippen LogP contribution in [0.15, 0.2) is 24.3 Å². The Morgan fingerprint density at radius 2 is 1.94 bits per heavy atom. The van der Waals surface area contributed by atoms with Crippen molar-refractivity contribution in [2.24, 2.45) is 5.73 Å². The molecule has 2 N–H and O–H groups in total. The fraction of sp³-hybridized carbons (Fsp3) is 0.533. The Balaban J connectivity index is 2.21. The molecule has 0 aliphatic heterocycles. The van der Waals surface area contributed by atoms with Crippen LogP contribution in [0.25, 0.3) is 0 Å². The van der Waals surface area contributed by atoms with Crippen LogP contribution in [0, 0.1) is 6.92 Å². The molecule has 1 aromatic carbocycles. The monoisotopic (exact) mass is 233 g/mol. The van der Waals surface area contributed by atoms with Crippen LogP contribution in [0.5, 0.6) is 0 Å². The SMILES string of the molecule is Cc1cccc(CC(=O)CCCCCCN)c1. The van der Waals surface area contributed by atoms with E-state index in [0.29, 0.717) is 18.6 Å². The van der Waals surface area contributed by atoms with Crippen molar-refractivity contribution in [1.29, 1.82) is 0 Å².